The molecule has 6 aliphatic rings. The molecule has 308 valence electrons. The summed E-state index contributed by atoms with van der Waals surface area (Å²) in [7, 11) is 0. The van der Waals surface area contributed by atoms with E-state index in [0.717, 1.165) is 20.9 Å². The molecule has 0 aromatic heterocycles. The van der Waals surface area contributed by atoms with E-state index in [1.807, 2.05) is 60.7 Å². The molecule has 6 aliphatic heterocycles. The molecule has 8 atom stereocenters. The summed E-state index contributed by atoms with van der Waals surface area (Å²) in [6, 6.07) is 29.5. The number of hydrogen-bond donors (Lipinski definition) is 2. The molecule has 4 saturated heterocycles. The lowest BCUT2D eigenvalue weighted by Crippen LogP contribution is -2.54. The second-order valence-electron chi connectivity index (χ2n) is 15.9. The number of ether oxygens (including phenoxy) is 2. The number of imide groups is 2. The molecule has 0 bridgehead atoms. The van der Waals surface area contributed by atoms with E-state index in [9.17, 15) is 39.0 Å². The molecular weight excluding hydrogens is 769 g/mol. The van der Waals surface area contributed by atoms with Crippen LogP contribution in [-0.2, 0) is 31.9 Å². The number of aliphatic hydroxyl groups excluding tert-OH is 2. The maximum atomic E-state index is 13.6. The Labute approximate surface area is 345 Å². The highest BCUT2D eigenvalue weighted by atomic mass is 16.6. The third kappa shape index (κ3) is 6.88. The molecule has 0 spiro atoms. The van der Waals surface area contributed by atoms with Crippen molar-refractivity contribution in [3.63, 3.8) is 0 Å². The standard InChI is InChI=1S/2C23H22N2O5/c2*26-20-15-9-4-5-10-16(15)21(27)25(20)17-11-6-12-19-24(22(17)28)18(23(29)30-19)13-14-7-2-1-3-8-14/h2*1-5,7-10,17-19,23,29H,6,11-13H2/t17-,18+,19+,23-;17-,18-,19+,23+/m00/s1. The summed E-state index contributed by atoms with van der Waals surface area (Å²) >= 11 is 0. The molecule has 2 N–H and O–H groups in total. The van der Waals surface area contributed by atoms with Crippen LogP contribution in [0.1, 0.15) is 91.1 Å². The average molecular weight is 813 g/mol. The van der Waals surface area contributed by atoms with Crippen molar-refractivity contribution < 1.29 is 48.5 Å². The number of nitrogens with zero attached hydrogens (tertiary/aromatic N) is 4. The van der Waals surface area contributed by atoms with Crippen LogP contribution in [0.4, 0.5) is 0 Å². The Morgan fingerprint density at radius 1 is 0.450 bits per heavy atom. The SMILES string of the molecule is O=C1c2ccccc2C(=O)N1[C@H]1CCC[C@H]2O[C@@H](O)[C@H](Cc3ccccc3)N2C1=O.O=C1c2ccccc2C(=O)N1[C@H]1CCC[C@H]2O[C@H](O)[C@@H](Cc3ccccc3)N2C1=O. The van der Waals surface area contributed by atoms with Crippen molar-refractivity contribution in [2.24, 2.45) is 0 Å². The number of carbonyl (C=O) groups is 6. The van der Waals surface area contributed by atoms with Crippen LogP contribution < -0.4 is 0 Å². The highest BCUT2D eigenvalue weighted by Crippen LogP contribution is 2.37. The van der Waals surface area contributed by atoms with E-state index in [1.165, 1.54) is 0 Å². The minimum absolute atomic E-state index is 0.328. The van der Waals surface area contributed by atoms with Crippen molar-refractivity contribution in [3.8, 4) is 0 Å². The fraction of sp³-hybridized carbons (Fsp3) is 0.348. The molecule has 6 heterocycles. The predicted molar refractivity (Wildman–Crippen MR) is 212 cm³/mol. The maximum Gasteiger partial charge on any atom is 0.262 e. The van der Waals surface area contributed by atoms with E-state index in [1.54, 1.807) is 58.3 Å². The first kappa shape index (κ1) is 39.4. The van der Waals surface area contributed by atoms with Crippen LogP contribution in [0.25, 0.3) is 0 Å². The lowest BCUT2D eigenvalue weighted by Gasteiger charge is -2.32. The van der Waals surface area contributed by atoms with Gasteiger partial charge in [0.15, 0.2) is 12.6 Å². The van der Waals surface area contributed by atoms with E-state index in [0.29, 0.717) is 73.6 Å². The second-order valence-corrected chi connectivity index (χ2v) is 15.9. The van der Waals surface area contributed by atoms with Gasteiger partial charge < -0.3 is 29.5 Å². The zero-order chi connectivity index (χ0) is 41.7. The normalized spacial score (nSPS) is 28.5. The number of rotatable bonds is 6. The fourth-order valence-electron chi connectivity index (χ4n) is 9.49. The largest absolute Gasteiger partial charge is 0.366 e. The summed E-state index contributed by atoms with van der Waals surface area (Å²) in [6.45, 7) is 0. The Kier molecular flexibility index (Phi) is 10.6. The first-order valence-electron chi connectivity index (χ1n) is 20.5. The van der Waals surface area contributed by atoms with E-state index in [4.69, 9.17) is 9.47 Å². The summed E-state index contributed by atoms with van der Waals surface area (Å²) in [6.07, 6.45) is 0.609. The Morgan fingerprint density at radius 3 is 1.10 bits per heavy atom. The Morgan fingerprint density at radius 2 is 0.767 bits per heavy atom. The molecule has 10 rings (SSSR count). The summed E-state index contributed by atoms with van der Waals surface area (Å²) in [5.41, 5.74) is 3.26. The van der Waals surface area contributed by atoms with Gasteiger partial charge in [0.2, 0.25) is 11.8 Å². The molecule has 6 amide bonds. The van der Waals surface area contributed by atoms with Crippen molar-refractivity contribution in [3.05, 3.63) is 143 Å². The van der Waals surface area contributed by atoms with Gasteiger partial charge in [0.1, 0.15) is 24.5 Å². The minimum atomic E-state index is -1.11. The first-order valence-corrected chi connectivity index (χ1v) is 20.5. The number of hydrogen-bond acceptors (Lipinski definition) is 10. The highest BCUT2D eigenvalue weighted by Gasteiger charge is 2.53. The van der Waals surface area contributed by atoms with Crippen LogP contribution in [0.5, 0.6) is 0 Å². The lowest BCUT2D eigenvalue weighted by molar-refractivity contribution is -0.142. The van der Waals surface area contributed by atoms with Gasteiger partial charge in [-0.15, -0.1) is 0 Å². The molecule has 14 nitrogen and oxygen atoms in total. The van der Waals surface area contributed by atoms with Crippen molar-refractivity contribution in [1.29, 1.82) is 0 Å². The smallest absolute Gasteiger partial charge is 0.262 e. The zero-order valence-electron chi connectivity index (χ0n) is 32.6. The van der Waals surface area contributed by atoms with E-state index in [2.05, 4.69) is 0 Å². The molecular formula is C46H44N4O10. The summed E-state index contributed by atoms with van der Waals surface area (Å²) < 4.78 is 11.4. The van der Waals surface area contributed by atoms with Crippen molar-refractivity contribution in [2.75, 3.05) is 0 Å². The summed E-state index contributed by atoms with van der Waals surface area (Å²) in [5, 5.41) is 21.0. The topological polar surface area (TPSA) is 174 Å². The van der Waals surface area contributed by atoms with Gasteiger partial charge in [0.05, 0.1) is 34.3 Å². The molecule has 4 fully saturated rings. The monoisotopic (exact) mass is 812 g/mol. The fourth-order valence-corrected chi connectivity index (χ4v) is 9.49. The first-order chi connectivity index (χ1) is 29.1. The van der Waals surface area contributed by atoms with Gasteiger partial charge >= 0.3 is 0 Å². The van der Waals surface area contributed by atoms with Crippen molar-refractivity contribution in [2.45, 2.75) is 101 Å². The van der Waals surface area contributed by atoms with Crippen molar-refractivity contribution >= 4 is 35.4 Å². The van der Waals surface area contributed by atoms with Gasteiger partial charge in [0, 0.05) is 0 Å². The van der Waals surface area contributed by atoms with Gasteiger partial charge in [-0.05, 0) is 86.8 Å². The number of fused-ring (bicyclic) bond motifs is 4. The molecule has 4 aromatic carbocycles. The molecule has 0 radical (unpaired) electrons. The number of aliphatic hydroxyl groups is 2. The van der Waals surface area contributed by atoms with Gasteiger partial charge in [-0.2, -0.15) is 0 Å². The second kappa shape index (κ2) is 16.2. The van der Waals surface area contributed by atoms with Gasteiger partial charge in [-0.25, -0.2) is 0 Å². The van der Waals surface area contributed by atoms with Crippen LogP contribution in [0.15, 0.2) is 109 Å². The molecule has 4 aromatic rings. The van der Waals surface area contributed by atoms with Crippen LogP contribution in [-0.4, -0.2) is 114 Å². The van der Waals surface area contributed by atoms with Crippen LogP contribution in [0, 0.1) is 0 Å². The quantitative estimate of drug-likeness (QED) is 0.272. The Balaban J connectivity index is 0.000000154. The summed E-state index contributed by atoms with van der Waals surface area (Å²) in [4.78, 5) is 84.3. The van der Waals surface area contributed by atoms with Crippen LogP contribution in [0.2, 0.25) is 0 Å². The molecule has 0 aliphatic carbocycles. The Bertz CT molecular complexity index is 2110. The number of carbonyl (C=O) groups excluding carboxylic acids is 6. The summed E-state index contributed by atoms with van der Waals surface area (Å²) in [5.74, 6) is -2.44. The van der Waals surface area contributed by atoms with Crippen molar-refractivity contribution in [1.82, 2.24) is 19.6 Å². The number of benzene rings is 4. The van der Waals surface area contributed by atoms with Crippen LogP contribution >= 0.6 is 0 Å². The highest BCUT2D eigenvalue weighted by molar-refractivity contribution is 6.23. The molecule has 60 heavy (non-hydrogen) atoms. The number of amides is 6. The third-order valence-corrected chi connectivity index (χ3v) is 12.4. The average Bonchev–Trinajstić information content (AvgIpc) is 3.84. The van der Waals surface area contributed by atoms with Gasteiger partial charge in [-0.3, -0.25) is 38.6 Å². The Hall–Kier alpha value is -6.06. The van der Waals surface area contributed by atoms with E-state index >= 15 is 0 Å². The minimum Gasteiger partial charge on any atom is -0.366 e. The van der Waals surface area contributed by atoms with Gasteiger partial charge in [0.25, 0.3) is 23.6 Å². The molecule has 0 saturated carbocycles. The lowest BCUT2D eigenvalue weighted by atomic mass is 10.0. The van der Waals surface area contributed by atoms with Crippen LogP contribution in [0.3, 0.4) is 0 Å². The maximum absolute atomic E-state index is 13.6. The van der Waals surface area contributed by atoms with E-state index < -0.39 is 72.8 Å². The van der Waals surface area contributed by atoms with Gasteiger partial charge in [-0.1, -0.05) is 84.9 Å². The van der Waals surface area contributed by atoms with E-state index in [-0.39, 0.29) is 11.8 Å². The molecule has 0 unspecified atom stereocenters. The molecule has 14 heteroatoms. The zero-order valence-corrected chi connectivity index (χ0v) is 32.6. The predicted octanol–water partition coefficient (Wildman–Crippen LogP) is 3.90. The third-order valence-electron chi connectivity index (χ3n) is 12.4.